The fourth-order valence-electron chi connectivity index (χ4n) is 3.35. The summed E-state index contributed by atoms with van der Waals surface area (Å²) in [6.45, 7) is 1.39. The molecule has 2 heterocycles. The average molecular weight is 380 g/mol. The molecule has 1 fully saturated rings. The molecule has 0 aliphatic carbocycles. The molecule has 1 N–H and O–H groups in total. The summed E-state index contributed by atoms with van der Waals surface area (Å²) in [5, 5.41) is 9.83. The third-order valence-electron chi connectivity index (χ3n) is 4.70. The molecule has 1 aliphatic heterocycles. The predicted molar refractivity (Wildman–Crippen MR) is 104 cm³/mol. The van der Waals surface area contributed by atoms with Gasteiger partial charge in [0.05, 0.1) is 13.2 Å². The number of halogens is 1. The molecule has 0 radical (unpaired) electrons. The first-order chi connectivity index (χ1) is 13.7. The maximum absolute atomic E-state index is 13.8. The molecule has 1 aromatic heterocycles. The van der Waals surface area contributed by atoms with E-state index in [0.717, 1.165) is 24.2 Å². The van der Waals surface area contributed by atoms with Crippen LogP contribution in [-0.2, 0) is 6.61 Å². The summed E-state index contributed by atoms with van der Waals surface area (Å²) in [4.78, 5) is 6.38. The molecule has 1 aliphatic rings. The van der Waals surface area contributed by atoms with E-state index in [4.69, 9.17) is 9.47 Å². The Bertz CT molecular complexity index is 936. The van der Waals surface area contributed by atoms with Crippen molar-refractivity contribution in [2.24, 2.45) is 0 Å². The Hall–Kier alpha value is -3.12. The lowest BCUT2D eigenvalue weighted by Gasteiger charge is -2.22. The van der Waals surface area contributed by atoms with Crippen molar-refractivity contribution < 1.29 is 19.0 Å². The first-order valence-corrected chi connectivity index (χ1v) is 9.22. The lowest BCUT2D eigenvalue weighted by molar-refractivity contribution is 0.216. The third-order valence-corrected chi connectivity index (χ3v) is 4.70. The highest BCUT2D eigenvalue weighted by atomic mass is 19.1. The summed E-state index contributed by atoms with van der Waals surface area (Å²) in [6, 6.07) is 17.3. The van der Waals surface area contributed by atoms with Gasteiger partial charge in [-0.2, -0.15) is 0 Å². The number of nitrogens with zero attached hydrogens (tertiary/aromatic N) is 2. The molecule has 0 spiro atoms. The standard InChI is InChI=1S/C22H21FN2O3/c23-19-5-1-2-6-21(19)27-17-8-9-20(16(13-17)15-26)25-12-10-18(14-25)28-22-7-3-4-11-24-22/h1-9,11,13,18,26H,10,12,14-15H2/t18-/m0/s1. The summed E-state index contributed by atoms with van der Waals surface area (Å²) in [5.74, 6) is 0.832. The van der Waals surface area contributed by atoms with E-state index in [1.165, 1.54) is 6.07 Å². The van der Waals surface area contributed by atoms with Crippen LogP contribution < -0.4 is 14.4 Å². The van der Waals surface area contributed by atoms with Crippen molar-refractivity contribution in [1.82, 2.24) is 4.98 Å². The van der Waals surface area contributed by atoms with Gasteiger partial charge in [-0.25, -0.2) is 9.37 Å². The minimum atomic E-state index is -0.425. The molecule has 0 unspecified atom stereocenters. The zero-order chi connectivity index (χ0) is 19.3. The normalized spacial score (nSPS) is 16.2. The molecule has 1 atom stereocenters. The Kier molecular flexibility index (Phi) is 5.39. The molecular weight excluding hydrogens is 359 g/mol. The van der Waals surface area contributed by atoms with Crippen LogP contribution >= 0.6 is 0 Å². The zero-order valence-electron chi connectivity index (χ0n) is 15.3. The second-order valence-electron chi connectivity index (χ2n) is 6.62. The van der Waals surface area contributed by atoms with E-state index in [1.54, 1.807) is 36.5 Å². The van der Waals surface area contributed by atoms with Gasteiger partial charge >= 0.3 is 0 Å². The van der Waals surface area contributed by atoms with Crippen molar-refractivity contribution in [2.75, 3.05) is 18.0 Å². The fourth-order valence-corrected chi connectivity index (χ4v) is 3.35. The van der Waals surface area contributed by atoms with Gasteiger partial charge in [0.25, 0.3) is 0 Å². The van der Waals surface area contributed by atoms with Gasteiger partial charge in [0, 0.05) is 36.5 Å². The van der Waals surface area contributed by atoms with E-state index < -0.39 is 5.82 Å². The summed E-state index contributed by atoms with van der Waals surface area (Å²) >= 11 is 0. The van der Waals surface area contributed by atoms with Crippen LogP contribution in [0, 0.1) is 5.82 Å². The second-order valence-corrected chi connectivity index (χ2v) is 6.62. The third kappa shape index (κ3) is 4.07. The Morgan fingerprint density at radius 3 is 2.75 bits per heavy atom. The molecular formula is C22H21FN2O3. The minimum Gasteiger partial charge on any atom is -0.472 e. The number of hydrogen-bond acceptors (Lipinski definition) is 5. The topological polar surface area (TPSA) is 54.8 Å². The number of hydrogen-bond donors (Lipinski definition) is 1. The van der Waals surface area contributed by atoms with Gasteiger partial charge in [-0.05, 0) is 36.4 Å². The molecule has 4 rings (SSSR count). The Morgan fingerprint density at radius 2 is 1.96 bits per heavy atom. The number of pyridine rings is 1. The first kappa shape index (κ1) is 18.3. The van der Waals surface area contributed by atoms with E-state index in [2.05, 4.69) is 9.88 Å². The van der Waals surface area contributed by atoms with Crippen LogP contribution in [0.5, 0.6) is 17.4 Å². The fraction of sp³-hybridized carbons (Fsp3) is 0.227. The van der Waals surface area contributed by atoms with Crippen molar-refractivity contribution in [2.45, 2.75) is 19.1 Å². The van der Waals surface area contributed by atoms with Crippen LogP contribution in [0.25, 0.3) is 0 Å². The Labute approximate surface area is 163 Å². The van der Waals surface area contributed by atoms with Crippen LogP contribution in [-0.4, -0.2) is 29.3 Å². The van der Waals surface area contributed by atoms with Gasteiger partial charge in [0.2, 0.25) is 5.88 Å². The van der Waals surface area contributed by atoms with E-state index in [0.29, 0.717) is 18.2 Å². The summed E-state index contributed by atoms with van der Waals surface area (Å²) in [6.07, 6.45) is 2.62. The Balaban J connectivity index is 1.47. The highest BCUT2D eigenvalue weighted by molar-refractivity contribution is 5.57. The minimum absolute atomic E-state index is 0.0378. The lowest BCUT2D eigenvalue weighted by atomic mass is 10.1. The van der Waals surface area contributed by atoms with E-state index in [1.807, 2.05) is 24.3 Å². The summed E-state index contributed by atoms with van der Waals surface area (Å²) in [5.41, 5.74) is 1.66. The van der Waals surface area contributed by atoms with Crippen LogP contribution in [0.2, 0.25) is 0 Å². The lowest BCUT2D eigenvalue weighted by Crippen LogP contribution is -2.25. The molecule has 0 amide bonds. The molecule has 6 heteroatoms. The first-order valence-electron chi connectivity index (χ1n) is 9.22. The number of aliphatic hydroxyl groups excluding tert-OH is 1. The van der Waals surface area contributed by atoms with E-state index in [9.17, 15) is 9.50 Å². The van der Waals surface area contributed by atoms with Crippen LogP contribution in [0.3, 0.4) is 0 Å². The zero-order valence-corrected chi connectivity index (χ0v) is 15.3. The smallest absolute Gasteiger partial charge is 0.213 e. The number of benzene rings is 2. The molecule has 1 saturated heterocycles. The number of ether oxygens (including phenoxy) is 2. The van der Waals surface area contributed by atoms with E-state index >= 15 is 0 Å². The number of para-hydroxylation sites is 1. The SMILES string of the molecule is OCc1cc(Oc2ccccc2F)ccc1N1CC[C@H](Oc2ccccn2)C1. The van der Waals surface area contributed by atoms with Crippen molar-refractivity contribution in [3.8, 4) is 17.4 Å². The van der Waals surface area contributed by atoms with Gasteiger partial charge in [0.1, 0.15) is 11.9 Å². The van der Waals surface area contributed by atoms with Crippen molar-refractivity contribution in [1.29, 1.82) is 0 Å². The van der Waals surface area contributed by atoms with Gasteiger partial charge in [-0.15, -0.1) is 0 Å². The summed E-state index contributed by atoms with van der Waals surface area (Å²) in [7, 11) is 0. The summed E-state index contributed by atoms with van der Waals surface area (Å²) < 4.78 is 25.4. The number of aliphatic hydroxyl groups is 1. The van der Waals surface area contributed by atoms with Crippen molar-refractivity contribution in [3.05, 3.63) is 78.2 Å². The van der Waals surface area contributed by atoms with Crippen LogP contribution in [0.4, 0.5) is 10.1 Å². The van der Waals surface area contributed by atoms with Gasteiger partial charge < -0.3 is 19.5 Å². The number of rotatable bonds is 6. The molecule has 28 heavy (non-hydrogen) atoms. The highest BCUT2D eigenvalue weighted by Crippen LogP contribution is 2.32. The molecule has 5 nitrogen and oxygen atoms in total. The molecule has 144 valence electrons. The van der Waals surface area contributed by atoms with Gasteiger partial charge in [0.15, 0.2) is 11.6 Å². The van der Waals surface area contributed by atoms with Gasteiger partial charge in [-0.1, -0.05) is 18.2 Å². The van der Waals surface area contributed by atoms with Gasteiger partial charge in [-0.3, -0.25) is 0 Å². The largest absolute Gasteiger partial charge is 0.472 e. The van der Waals surface area contributed by atoms with Crippen LogP contribution in [0.15, 0.2) is 66.9 Å². The predicted octanol–water partition coefficient (Wildman–Crippen LogP) is 4.16. The number of anilines is 1. The maximum Gasteiger partial charge on any atom is 0.213 e. The maximum atomic E-state index is 13.8. The monoisotopic (exact) mass is 380 g/mol. The van der Waals surface area contributed by atoms with Crippen molar-refractivity contribution in [3.63, 3.8) is 0 Å². The average Bonchev–Trinajstić information content (AvgIpc) is 3.18. The molecule has 0 bridgehead atoms. The molecule has 3 aromatic rings. The number of aromatic nitrogens is 1. The molecule has 0 saturated carbocycles. The molecule has 2 aromatic carbocycles. The highest BCUT2D eigenvalue weighted by Gasteiger charge is 2.26. The van der Waals surface area contributed by atoms with E-state index in [-0.39, 0.29) is 18.5 Å². The van der Waals surface area contributed by atoms with Crippen molar-refractivity contribution >= 4 is 5.69 Å². The quantitative estimate of drug-likeness (QED) is 0.696. The second kappa shape index (κ2) is 8.27. The Morgan fingerprint density at radius 1 is 1.11 bits per heavy atom. The van der Waals surface area contributed by atoms with Crippen LogP contribution in [0.1, 0.15) is 12.0 Å².